The molecule has 8 nitrogen and oxygen atoms in total. The third-order valence-corrected chi connectivity index (χ3v) is 9.07. The molecule has 0 radical (unpaired) electrons. The Labute approximate surface area is 253 Å². The zero-order valence-corrected chi connectivity index (χ0v) is 25.6. The Morgan fingerprint density at radius 2 is 1.93 bits per heavy atom. The largest absolute Gasteiger partial charge is 0.487 e. The average Bonchev–Trinajstić information content (AvgIpc) is 3.45. The van der Waals surface area contributed by atoms with Gasteiger partial charge in [0.05, 0.1) is 22.3 Å². The van der Waals surface area contributed by atoms with Gasteiger partial charge in [0.2, 0.25) is 0 Å². The highest BCUT2D eigenvalue weighted by Gasteiger charge is 2.24. The standard InChI is InChI=1S/C30H29ClFN5O3S2/c1-4-37(2)26(17-42(3,38)39)28-15-33-30(41-28)20-8-10-25-23(13-20)29(35-18-34-25)36-22-9-11-27(24(31)14-22)40-16-19-6-5-7-21(32)12-19/h5-15,18,26H,4,16-17H2,1-3H3,(H,34,35,36)/t26-/m0/s1. The fourth-order valence-corrected chi connectivity index (χ4v) is 6.84. The van der Waals surface area contributed by atoms with Crippen LogP contribution in [0.1, 0.15) is 23.4 Å². The van der Waals surface area contributed by atoms with Crippen molar-refractivity contribution in [1.29, 1.82) is 0 Å². The summed E-state index contributed by atoms with van der Waals surface area (Å²) in [7, 11) is -1.28. The van der Waals surface area contributed by atoms with Gasteiger partial charge in [-0.3, -0.25) is 4.90 Å². The van der Waals surface area contributed by atoms with E-state index in [-0.39, 0.29) is 24.2 Å². The highest BCUT2D eigenvalue weighted by atomic mass is 35.5. The third kappa shape index (κ3) is 7.22. The number of sulfone groups is 1. The Bertz CT molecular complexity index is 1830. The van der Waals surface area contributed by atoms with Gasteiger partial charge >= 0.3 is 0 Å². The van der Waals surface area contributed by atoms with Crippen LogP contribution in [0.2, 0.25) is 5.02 Å². The van der Waals surface area contributed by atoms with Crippen molar-refractivity contribution in [3.05, 3.63) is 94.5 Å². The Balaban J connectivity index is 1.38. The molecule has 0 aliphatic rings. The van der Waals surface area contributed by atoms with Gasteiger partial charge in [0.15, 0.2) is 0 Å². The van der Waals surface area contributed by atoms with Crippen LogP contribution in [0.25, 0.3) is 21.5 Å². The fourth-order valence-electron chi connectivity index (χ4n) is 4.42. The molecule has 0 spiro atoms. The van der Waals surface area contributed by atoms with Crippen molar-refractivity contribution >= 4 is 55.2 Å². The molecule has 218 valence electrons. The number of halogens is 2. The van der Waals surface area contributed by atoms with Gasteiger partial charge in [0, 0.05) is 34.0 Å². The lowest BCUT2D eigenvalue weighted by Gasteiger charge is -2.24. The van der Waals surface area contributed by atoms with E-state index in [1.165, 1.54) is 36.1 Å². The monoisotopic (exact) mass is 625 g/mol. The fraction of sp³-hybridized carbons (Fsp3) is 0.233. The summed E-state index contributed by atoms with van der Waals surface area (Å²) in [5, 5.41) is 5.27. The summed E-state index contributed by atoms with van der Waals surface area (Å²) in [6.45, 7) is 2.89. The Morgan fingerprint density at radius 1 is 1.10 bits per heavy atom. The molecule has 0 saturated carbocycles. The summed E-state index contributed by atoms with van der Waals surface area (Å²) in [5.41, 5.74) is 3.02. The summed E-state index contributed by atoms with van der Waals surface area (Å²) < 4.78 is 43.5. The molecule has 5 aromatic rings. The van der Waals surface area contributed by atoms with Crippen LogP contribution in [0, 0.1) is 5.82 Å². The molecule has 2 heterocycles. The predicted molar refractivity (Wildman–Crippen MR) is 167 cm³/mol. The summed E-state index contributed by atoms with van der Waals surface area (Å²) in [4.78, 5) is 16.4. The predicted octanol–water partition coefficient (Wildman–Crippen LogP) is 6.91. The van der Waals surface area contributed by atoms with Crippen LogP contribution in [-0.2, 0) is 16.4 Å². The Kier molecular flexibility index (Phi) is 9.02. The van der Waals surface area contributed by atoms with Gasteiger partial charge in [-0.25, -0.2) is 27.8 Å². The zero-order chi connectivity index (χ0) is 29.9. The minimum absolute atomic E-state index is 0.0236. The van der Waals surface area contributed by atoms with E-state index in [1.54, 1.807) is 30.5 Å². The van der Waals surface area contributed by atoms with Gasteiger partial charge in [-0.1, -0.05) is 30.7 Å². The maximum absolute atomic E-state index is 13.5. The summed E-state index contributed by atoms with van der Waals surface area (Å²) >= 11 is 7.97. The number of hydrogen-bond acceptors (Lipinski definition) is 9. The maximum Gasteiger partial charge on any atom is 0.149 e. The average molecular weight is 626 g/mol. The van der Waals surface area contributed by atoms with Crippen molar-refractivity contribution in [3.8, 4) is 16.3 Å². The quantitative estimate of drug-likeness (QED) is 0.169. The lowest BCUT2D eigenvalue weighted by Crippen LogP contribution is -2.29. The van der Waals surface area contributed by atoms with E-state index in [1.807, 2.05) is 43.1 Å². The van der Waals surface area contributed by atoms with Crippen LogP contribution in [0.15, 0.2) is 73.2 Å². The molecule has 3 aromatic carbocycles. The molecule has 0 amide bonds. The van der Waals surface area contributed by atoms with Crippen LogP contribution >= 0.6 is 22.9 Å². The zero-order valence-electron chi connectivity index (χ0n) is 23.2. The van der Waals surface area contributed by atoms with E-state index in [0.29, 0.717) is 34.4 Å². The minimum Gasteiger partial charge on any atom is -0.487 e. The number of hydrogen-bond donors (Lipinski definition) is 1. The molecule has 2 aromatic heterocycles. The number of fused-ring (bicyclic) bond motifs is 1. The molecule has 42 heavy (non-hydrogen) atoms. The Morgan fingerprint density at radius 3 is 2.67 bits per heavy atom. The number of rotatable bonds is 11. The molecule has 0 aliphatic heterocycles. The van der Waals surface area contributed by atoms with Gasteiger partial charge in [0.25, 0.3) is 0 Å². The molecule has 12 heteroatoms. The van der Waals surface area contributed by atoms with E-state index in [9.17, 15) is 12.8 Å². The number of anilines is 2. The van der Waals surface area contributed by atoms with Crippen LogP contribution < -0.4 is 10.1 Å². The third-order valence-electron chi connectivity index (χ3n) is 6.70. The number of benzene rings is 3. The van der Waals surface area contributed by atoms with Crippen molar-refractivity contribution in [3.63, 3.8) is 0 Å². The van der Waals surface area contributed by atoms with E-state index in [0.717, 1.165) is 26.4 Å². The smallest absolute Gasteiger partial charge is 0.149 e. The molecular weight excluding hydrogens is 597 g/mol. The molecule has 0 saturated heterocycles. The number of aromatic nitrogens is 3. The molecule has 0 aliphatic carbocycles. The number of nitrogens with zero attached hydrogens (tertiary/aromatic N) is 4. The second-order valence-corrected chi connectivity index (χ2v) is 13.5. The van der Waals surface area contributed by atoms with Crippen LogP contribution in [-0.4, -0.2) is 53.9 Å². The van der Waals surface area contributed by atoms with Gasteiger partial charge in [-0.05, 0) is 67.7 Å². The molecule has 0 fully saturated rings. The van der Waals surface area contributed by atoms with Crippen molar-refractivity contribution in [1.82, 2.24) is 19.9 Å². The second kappa shape index (κ2) is 12.7. The van der Waals surface area contributed by atoms with Crippen LogP contribution in [0.5, 0.6) is 5.75 Å². The summed E-state index contributed by atoms with van der Waals surface area (Å²) in [6.07, 6.45) is 4.50. The number of ether oxygens (including phenoxy) is 1. The first-order valence-electron chi connectivity index (χ1n) is 13.1. The normalized spacial score (nSPS) is 12.5. The van der Waals surface area contributed by atoms with E-state index in [2.05, 4.69) is 20.3 Å². The van der Waals surface area contributed by atoms with Gasteiger partial charge in [-0.15, -0.1) is 11.3 Å². The lowest BCUT2D eigenvalue weighted by atomic mass is 10.1. The molecular formula is C30H29ClFN5O3S2. The molecule has 1 N–H and O–H groups in total. The molecule has 1 atom stereocenters. The topological polar surface area (TPSA) is 97.3 Å². The van der Waals surface area contributed by atoms with E-state index in [4.69, 9.17) is 16.3 Å². The first-order valence-corrected chi connectivity index (χ1v) is 16.4. The second-order valence-electron chi connectivity index (χ2n) is 9.89. The van der Waals surface area contributed by atoms with Crippen molar-refractivity contribution in [2.24, 2.45) is 0 Å². The van der Waals surface area contributed by atoms with Gasteiger partial charge in [-0.2, -0.15) is 0 Å². The highest BCUT2D eigenvalue weighted by molar-refractivity contribution is 7.90. The minimum atomic E-state index is -3.19. The Hall–Kier alpha value is -3.64. The first kappa shape index (κ1) is 29.8. The number of nitrogens with one attached hydrogen (secondary N) is 1. The maximum atomic E-state index is 13.5. The van der Waals surface area contributed by atoms with Crippen LogP contribution in [0.3, 0.4) is 0 Å². The molecule has 0 unspecified atom stereocenters. The van der Waals surface area contributed by atoms with Crippen molar-refractivity contribution in [2.45, 2.75) is 19.6 Å². The van der Waals surface area contributed by atoms with Crippen molar-refractivity contribution < 1.29 is 17.5 Å². The highest BCUT2D eigenvalue weighted by Crippen LogP contribution is 2.35. The molecule has 5 rings (SSSR count). The SMILES string of the molecule is CCN(C)[C@@H](CS(C)(=O)=O)c1cnc(-c2ccc3ncnc(Nc4ccc(OCc5cccc(F)c5)c(Cl)c4)c3c2)s1. The number of thiazole rings is 1. The van der Waals surface area contributed by atoms with Crippen LogP contribution in [0.4, 0.5) is 15.9 Å². The van der Waals surface area contributed by atoms with E-state index < -0.39 is 9.84 Å². The summed E-state index contributed by atoms with van der Waals surface area (Å²) in [5.74, 6) is 0.764. The van der Waals surface area contributed by atoms with E-state index >= 15 is 0 Å². The lowest BCUT2D eigenvalue weighted by molar-refractivity contribution is 0.281. The van der Waals surface area contributed by atoms with Crippen molar-refractivity contribution in [2.75, 3.05) is 30.9 Å². The first-order chi connectivity index (χ1) is 20.1. The van der Waals surface area contributed by atoms with Gasteiger partial charge in [0.1, 0.15) is 45.2 Å². The summed E-state index contributed by atoms with van der Waals surface area (Å²) in [6, 6.07) is 17.1. The molecule has 0 bridgehead atoms. The van der Waals surface area contributed by atoms with Gasteiger partial charge < -0.3 is 10.1 Å².